The highest BCUT2D eigenvalue weighted by molar-refractivity contribution is 6.15. The van der Waals surface area contributed by atoms with Crippen molar-refractivity contribution in [2.45, 2.75) is 31.8 Å². The standard InChI is InChI=1S/C8H13BN2O2/c1-8-2-5(7(13)10-9)11(4-12)6(8)3-8/h4-6H,2-3,9H2,1H3,(H,10,13)/t5-,6+,8-/m0/s1. The SMILES string of the molecule is BNC(=O)[C@@H]1C[C@@]2(C)C[C@H]2N1C=O. The molecule has 0 radical (unpaired) electrons. The van der Waals surface area contributed by atoms with Gasteiger partial charge in [0.1, 0.15) is 6.04 Å². The number of nitrogens with zero attached hydrogens (tertiary/aromatic N) is 1. The van der Waals surface area contributed by atoms with Gasteiger partial charge in [-0.15, -0.1) is 0 Å². The summed E-state index contributed by atoms with van der Waals surface area (Å²) in [6, 6.07) is 0.0820. The van der Waals surface area contributed by atoms with Crippen molar-refractivity contribution in [2.75, 3.05) is 0 Å². The molecule has 70 valence electrons. The first-order valence-corrected chi connectivity index (χ1v) is 4.57. The summed E-state index contributed by atoms with van der Waals surface area (Å²) in [7, 11) is 1.61. The van der Waals surface area contributed by atoms with Crippen LogP contribution in [0.15, 0.2) is 0 Å². The molecule has 2 fully saturated rings. The van der Waals surface area contributed by atoms with Crippen LogP contribution in [0.1, 0.15) is 19.8 Å². The summed E-state index contributed by atoms with van der Waals surface area (Å²) >= 11 is 0. The molecule has 1 N–H and O–H groups in total. The number of carbonyl (C=O) groups excluding carboxylic acids is 2. The maximum Gasteiger partial charge on any atom is 0.230 e. The summed E-state index contributed by atoms with van der Waals surface area (Å²) in [6.45, 7) is 2.14. The van der Waals surface area contributed by atoms with Gasteiger partial charge < -0.3 is 10.1 Å². The monoisotopic (exact) mass is 180 g/mol. The lowest BCUT2D eigenvalue weighted by atomic mass is 10.0. The Labute approximate surface area is 78.1 Å². The largest absolute Gasteiger partial charge is 0.404 e. The predicted molar refractivity (Wildman–Crippen MR) is 49.5 cm³/mol. The average molecular weight is 180 g/mol. The number of nitrogens with one attached hydrogen (secondary N) is 1. The molecular formula is C8H13BN2O2. The molecule has 0 unspecified atom stereocenters. The van der Waals surface area contributed by atoms with Gasteiger partial charge in [0.15, 0.2) is 0 Å². The van der Waals surface area contributed by atoms with Crippen LogP contribution in [0, 0.1) is 5.41 Å². The Hall–Kier alpha value is -0.995. The molecule has 0 spiro atoms. The fourth-order valence-electron chi connectivity index (χ4n) is 2.37. The minimum atomic E-state index is -0.230. The van der Waals surface area contributed by atoms with Crippen LogP contribution >= 0.6 is 0 Å². The lowest BCUT2D eigenvalue weighted by Gasteiger charge is -2.21. The Morgan fingerprint density at radius 3 is 2.92 bits per heavy atom. The van der Waals surface area contributed by atoms with Crippen LogP contribution < -0.4 is 5.23 Å². The third-order valence-corrected chi connectivity index (χ3v) is 3.35. The zero-order chi connectivity index (χ0) is 9.64. The summed E-state index contributed by atoms with van der Waals surface area (Å²) in [5, 5.41) is 2.59. The molecule has 1 heterocycles. The number of piperidine rings is 1. The first-order valence-electron chi connectivity index (χ1n) is 4.57. The van der Waals surface area contributed by atoms with E-state index in [4.69, 9.17) is 0 Å². The Balaban J connectivity index is 2.14. The highest BCUT2D eigenvalue weighted by Gasteiger charge is 2.62. The molecule has 5 heteroatoms. The molecule has 2 aliphatic rings. The Bertz CT molecular complexity index is 271. The van der Waals surface area contributed by atoms with Crippen molar-refractivity contribution in [1.29, 1.82) is 0 Å². The quantitative estimate of drug-likeness (QED) is 0.422. The van der Waals surface area contributed by atoms with Crippen LogP contribution in [0.2, 0.25) is 0 Å². The van der Waals surface area contributed by atoms with Crippen molar-refractivity contribution in [3.63, 3.8) is 0 Å². The molecule has 0 aromatic carbocycles. The molecular weight excluding hydrogens is 167 g/mol. The van der Waals surface area contributed by atoms with Crippen molar-refractivity contribution < 1.29 is 9.59 Å². The van der Waals surface area contributed by atoms with E-state index in [1.807, 2.05) is 0 Å². The third kappa shape index (κ3) is 1.06. The van der Waals surface area contributed by atoms with Crippen LogP contribution in [0.4, 0.5) is 0 Å². The molecule has 1 aliphatic carbocycles. The zero-order valence-corrected chi connectivity index (χ0v) is 7.91. The summed E-state index contributed by atoms with van der Waals surface area (Å²) in [6.07, 6.45) is 2.68. The van der Waals surface area contributed by atoms with Crippen LogP contribution in [-0.4, -0.2) is 37.3 Å². The van der Waals surface area contributed by atoms with Crippen LogP contribution in [0.5, 0.6) is 0 Å². The van der Waals surface area contributed by atoms with Crippen molar-refractivity contribution in [3.8, 4) is 0 Å². The van der Waals surface area contributed by atoms with E-state index in [0.29, 0.717) is 6.04 Å². The number of hydrogen-bond donors (Lipinski definition) is 1. The van der Waals surface area contributed by atoms with Gasteiger partial charge in [0.05, 0.1) is 0 Å². The number of fused-ring (bicyclic) bond motifs is 1. The molecule has 13 heavy (non-hydrogen) atoms. The molecule has 2 amide bonds. The molecule has 1 saturated carbocycles. The van der Waals surface area contributed by atoms with Gasteiger partial charge >= 0.3 is 0 Å². The molecule has 1 saturated heterocycles. The van der Waals surface area contributed by atoms with Gasteiger partial charge in [-0.2, -0.15) is 0 Å². The second kappa shape index (κ2) is 2.50. The van der Waals surface area contributed by atoms with E-state index in [1.54, 1.807) is 12.9 Å². The zero-order valence-electron chi connectivity index (χ0n) is 7.91. The summed E-state index contributed by atoms with van der Waals surface area (Å²) in [5.41, 5.74) is 0.220. The van der Waals surface area contributed by atoms with E-state index in [0.717, 1.165) is 19.3 Å². The van der Waals surface area contributed by atoms with Crippen LogP contribution in [0.3, 0.4) is 0 Å². The lowest BCUT2D eigenvalue weighted by Crippen LogP contribution is -2.43. The number of carbonyl (C=O) groups is 2. The Morgan fingerprint density at radius 2 is 2.38 bits per heavy atom. The number of amides is 2. The minimum absolute atomic E-state index is 0.0412. The second-order valence-corrected chi connectivity index (χ2v) is 4.26. The summed E-state index contributed by atoms with van der Waals surface area (Å²) < 4.78 is 0. The van der Waals surface area contributed by atoms with Gasteiger partial charge in [-0.3, -0.25) is 9.59 Å². The van der Waals surface area contributed by atoms with Crippen LogP contribution in [-0.2, 0) is 9.59 Å². The summed E-state index contributed by atoms with van der Waals surface area (Å²) in [4.78, 5) is 23.8. The van der Waals surface area contributed by atoms with Crippen molar-refractivity contribution in [3.05, 3.63) is 0 Å². The predicted octanol–water partition coefficient (Wildman–Crippen LogP) is -1.34. The van der Waals surface area contributed by atoms with E-state index in [2.05, 4.69) is 12.2 Å². The Morgan fingerprint density at radius 1 is 1.69 bits per heavy atom. The van der Waals surface area contributed by atoms with Gasteiger partial charge in [-0.25, -0.2) is 0 Å². The van der Waals surface area contributed by atoms with Crippen LogP contribution in [0.25, 0.3) is 0 Å². The highest BCUT2D eigenvalue weighted by Crippen LogP contribution is 2.58. The maximum atomic E-state index is 11.4. The first-order chi connectivity index (χ1) is 6.12. The van der Waals surface area contributed by atoms with Gasteiger partial charge in [0, 0.05) is 6.04 Å². The maximum absolute atomic E-state index is 11.4. The number of rotatable bonds is 2. The van der Waals surface area contributed by atoms with E-state index < -0.39 is 0 Å². The number of likely N-dealkylation sites (tertiary alicyclic amines) is 1. The normalized spacial score (nSPS) is 41.2. The molecule has 1 aliphatic heterocycles. The van der Waals surface area contributed by atoms with Crippen molar-refractivity contribution in [1.82, 2.24) is 10.1 Å². The topological polar surface area (TPSA) is 49.4 Å². The number of hydrogen-bond acceptors (Lipinski definition) is 2. The van der Waals surface area contributed by atoms with Gasteiger partial charge in [-0.05, 0) is 18.3 Å². The molecule has 4 nitrogen and oxygen atoms in total. The van der Waals surface area contributed by atoms with E-state index in [1.165, 1.54) is 0 Å². The fourth-order valence-corrected chi connectivity index (χ4v) is 2.37. The molecule has 0 bridgehead atoms. The molecule has 3 atom stereocenters. The van der Waals surface area contributed by atoms with Crippen molar-refractivity contribution in [2.24, 2.45) is 5.41 Å². The average Bonchev–Trinajstić information content (AvgIpc) is 2.69. The third-order valence-electron chi connectivity index (χ3n) is 3.35. The Kier molecular flexibility index (Phi) is 1.65. The van der Waals surface area contributed by atoms with Gasteiger partial charge in [0.25, 0.3) is 0 Å². The van der Waals surface area contributed by atoms with Crippen molar-refractivity contribution >= 4 is 20.3 Å². The van der Waals surface area contributed by atoms with Gasteiger partial charge in [0.2, 0.25) is 20.3 Å². The smallest absolute Gasteiger partial charge is 0.230 e. The first kappa shape index (κ1) is 8.60. The van der Waals surface area contributed by atoms with E-state index in [-0.39, 0.29) is 17.4 Å². The van der Waals surface area contributed by atoms with Gasteiger partial charge in [-0.1, -0.05) is 6.92 Å². The highest BCUT2D eigenvalue weighted by atomic mass is 16.2. The minimum Gasteiger partial charge on any atom is -0.404 e. The molecule has 2 rings (SSSR count). The molecule has 0 aromatic heterocycles. The molecule has 0 aromatic rings. The summed E-state index contributed by atoms with van der Waals surface area (Å²) in [5.74, 6) is -0.0412. The van der Waals surface area contributed by atoms with E-state index >= 15 is 0 Å². The van der Waals surface area contributed by atoms with E-state index in [9.17, 15) is 9.59 Å². The second-order valence-electron chi connectivity index (χ2n) is 4.26. The lowest BCUT2D eigenvalue weighted by molar-refractivity contribution is -0.131. The fraction of sp³-hybridized carbons (Fsp3) is 0.750.